The summed E-state index contributed by atoms with van der Waals surface area (Å²) in [6.45, 7) is 9.15. The summed E-state index contributed by atoms with van der Waals surface area (Å²) in [5.74, 6) is -0.532. The van der Waals surface area contributed by atoms with Crippen molar-refractivity contribution in [1.82, 2.24) is 0 Å². The van der Waals surface area contributed by atoms with Crippen LogP contribution in [-0.4, -0.2) is 17.4 Å². The van der Waals surface area contributed by atoms with E-state index in [1.165, 1.54) is 12.2 Å². The van der Waals surface area contributed by atoms with Crippen LogP contribution in [0.25, 0.3) is 0 Å². The van der Waals surface area contributed by atoms with Gasteiger partial charge in [0.1, 0.15) is 5.60 Å². The first-order chi connectivity index (χ1) is 11.6. The maximum atomic E-state index is 12.7. The molecule has 1 atom stereocenters. The molecule has 4 nitrogen and oxygen atoms in total. The fraction of sp³-hybridized carbons (Fsp3) is 0.476. The molecule has 0 spiro atoms. The third kappa shape index (κ3) is 6.93. The van der Waals surface area contributed by atoms with Crippen molar-refractivity contribution in [2.45, 2.75) is 53.1 Å². The van der Waals surface area contributed by atoms with Gasteiger partial charge in [-0.2, -0.15) is 5.26 Å². The molecule has 0 heterocycles. The molecule has 1 aromatic rings. The molecular formula is C21H27NO3. The highest BCUT2D eigenvalue weighted by molar-refractivity contribution is 5.92. The molecule has 25 heavy (non-hydrogen) atoms. The van der Waals surface area contributed by atoms with Crippen molar-refractivity contribution in [2.75, 3.05) is 0 Å². The minimum absolute atomic E-state index is 0.105. The van der Waals surface area contributed by atoms with Crippen LogP contribution in [0.4, 0.5) is 0 Å². The van der Waals surface area contributed by atoms with E-state index in [-0.39, 0.29) is 18.1 Å². The number of ketones is 1. The van der Waals surface area contributed by atoms with E-state index in [1.807, 2.05) is 44.2 Å². The molecule has 0 radical (unpaired) electrons. The van der Waals surface area contributed by atoms with Crippen LogP contribution in [0.15, 0.2) is 42.5 Å². The zero-order chi connectivity index (χ0) is 19.1. The van der Waals surface area contributed by atoms with Gasteiger partial charge >= 0.3 is 5.97 Å². The van der Waals surface area contributed by atoms with Crippen LogP contribution in [0.1, 0.15) is 46.6 Å². The van der Waals surface area contributed by atoms with Crippen LogP contribution in [0.2, 0.25) is 0 Å². The molecule has 134 valence electrons. The molecule has 0 bridgehead atoms. The van der Waals surface area contributed by atoms with Crippen LogP contribution in [0.3, 0.4) is 0 Å². The molecule has 0 aliphatic rings. The highest BCUT2D eigenvalue weighted by Crippen LogP contribution is 2.29. The summed E-state index contributed by atoms with van der Waals surface area (Å²) in [6.07, 6.45) is 3.28. The Morgan fingerprint density at radius 1 is 1.20 bits per heavy atom. The zero-order valence-corrected chi connectivity index (χ0v) is 15.7. The van der Waals surface area contributed by atoms with E-state index in [9.17, 15) is 14.9 Å². The van der Waals surface area contributed by atoms with Crippen LogP contribution >= 0.6 is 0 Å². The van der Waals surface area contributed by atoms with Crippen LogP contribution in [0.5, 0.6) is 0 Å². The molecule has 0 amide bonds. The van der Waals surface area contributed by atoms with Crippen molar-refractivity contribution in [3.8, 4) is 6.07 Å². The lowest BCUT2D eigenvalue weighted by Gasteiger charge is -2.27. The number of nitriles is 1. The average Bonchev–Trinajstić information content (AvgIpc) is 2.50. The Bertz CT molecular complexity index is 663. The second kappa shape index (κ2) is 8.62. The summed E-state index contributed by atoms with van der Waals surface area (Å²) < 4.78 is 5.46. The summed E-state index contributed by atoms with van der Waals surface area (Å²) in [7, 11) is 0. The Hall–Kier alpha value is -2.41. The number of carbonyl (C=O) groups excluding carboxylic acids is 2. The van der Waals surface area contributed by atoms with Crippen LogP contribution in [0, 0.1) is 22.7 Å². The Morgan fingerprint density at radius 3 is 2.28 bits per heavy atom. The van der Waals surface area contributed by atoms with Gasteiger partial charge in [-0.05, 0) is 44.4 Å². The molecule has 0 unspecified atom stereocenters. The molecule has 0 N–H and O–H groups in total. The summed E-state index contributed by atoms with van der Waals surface area (Å²) >= 11 is 0. The van der Waals surface area contributed by atoms with Crippen molar-refractivity contribution >= 4 is 11.8 Å². The summed E-state index contributed by atoms with van der Waals surface area (Å²) in [6, 6.07) is 11.3. The number of carbonyl (C=O) groups is 2. The highest BCUT2D eigenvalue weighted by Gasteiger charge is 2.40. The highest BCUT2D eigenvalue weighted by atomic mass is 16.6. The first-order valence-electron chi connectivity index (χ1n) is 8.49. The quantitative estimate of drug-likeness (QED) is 0.549. The Morgan fingerprint density at radius 2 is 1.80 bits per heavy atom. The second-order valence-corrected chi connectivity index (χ2v) is 7.65. The number of hydrogen-bond donors (Lipinski definition) is 0. The van der Waals surface area contributed by atoms with E-state index < -0.39 is 17.0 Å². The molecule has 0 saturated carbocycles. The molecule has 1 aromatic carbocycles. The lowest BCUT2D eigenvalue weighted by atomic mass is 9.82. The summed E-state index contributed by atoms with van der Waals surface area (Å²) in [5, 5.41) is 9.79. The third-order valence-corrected chi connectivity index (χ3v) is 3.45. The van der Waals surface area contributed by atoms with Gasteiger partial charge in [-0.25, -0.2) is 4.79 Å². The fourth-order valence-corrected chi connectivity index (χ4v) is 2.31. The van der Waals surface area contributed by atoms with Gasteiger partial charge in [-0.15, -0.1) is 0 Å². The maximum absolute atomic E-state index is 12.7. The average molecular weight is 341 g/mol. The number of allylic oxidation sites excluding steroid dienone is 1. The molecule has 0 fully saturated rings. The lowest BCUT2D eigenvalue weighted by Crippen LogP contribution is -2.37. The molecular weight excluding hydrogens is 314 g/mol. The standard InChI is InChI=1S/C21H27NO3/c1-16(2)13-18(23)11-12-21(15-22,19(24)25-20(3,4)5)14-17-9-7-6-8-10-17/h6-12,16H,13-14H2,1-5H3/b12-11-/t21-/m0/s1. The lowest BCUT2D eigenvalue weighted by molar-refractivity contribution is -0.161. The van der Waals surface area contributed by atoms with Gasteiger partial charge in [-0.1, -0.05) is 44.2 Å². The van der Waals surface area contributed by atoms with E-state index in [2.05, 4.69) is 6.07 Å². The van der Waals surface area contributed by atoms with Gasteiger partial charge < -0.3 is 4.74 Å². The largest absolute Gasteiger partial charge is 0.459 e. The fourth-order valence-electron chi connectivity index (χ4n) is 2.31. The predicted molar refractivity (Wildman–Crippen MR) is 97.6 cm³/mol. The SMILES string of the molecule is CC(C)CC(=O)/C=C\[C@@](C#N)(Cc1ccccc1)C(=O)OC(C)(C)C. The van der Waals surface area contributed by atoms with E-state index in [0.717, 1.165) is 5.56 Å². The van der Waals surface area contributed by atoms with E-state index in [1.54, 1.807) is 20.8 Å². The molecule has 0 aromatic heterocycles. The van der Waals surface area contributed by atoms with Crippen LogP contribution in [-0.2, 0) is 20.7 Å². The van der Waals surface area contributed by atoms with Crippen molar-refractivity contribution in [3.63, 3.8) is 0 Å². The van der Waals surface area contributed by atoms with E-state index in [0.29, 0.717) is 6.42 Å². The maximum Gasteiger partial charge on any atom is 0.331 e. The normalized spacial score (nSPS) is 14.1. The number of esters is 1. The molecule has 0 aliphatic carbocycles. The molecule has 1 rings (SSSR count). The van der Waals surface area contributed by atoms with Crippen molar-refractivity contribution < 1.29 is 14.3 Å². The van der Waals surface area contributed by atoms with Gasteiger partial charge in [0.05, 0.1) is 6.07 Å². The third-order valence-electron chi connectivity index (χ3n) is 3.45. The summed E-state index contributed by atoms with van der Waals surface area (Å²) in [4.78, 5) is 24.8. The van der Waals surface area contributed by atoms with Gasteiger partial charge in [0.25, 0.3) is 0 Å². The minimum Gasteiger partial charge on any atom is -0.459 e. The van der Waals surface area contributed by atoms with E-state index in [4.69, 9.17) is 4.74 Å². The number of benzene rings is 1. The van der Waals surface area contributed by atoms with Crippen LogP contribution < -0.4 is 0 Å². The molecule has 4 heteroatoms. The predicted octanol–water partition coefficient (Wildman–Crippen LogP) is 4.25. The smallest absolute Gasteiger partial charge is 0.331 e. The topological polar surface area (TPSA) is 67.2 Å². The number of rotatable bonds is 7. The first-order valence-corrected chi connectivity index (χ1v) is 8.49. The first kappa shape index (κ1) is 20.6. The monoisotopic (exact) mass is 341 g/mol. The van der Waals surface area contributed by atoms with Crippen molar-refractivity contribution in [3.05, 3.63) is 48.0 Å². The number of ether oxygens (including phenoxy) is 1. The van der Waals surface area contributed by atoms with Gasteiger partial charge in [0.2, 0.25) is 0 Å². The van der Waals surface area contributed by atoms with Gasteiger partial charge in [-0.3, -0.25) is 4.79 Å². The zero-order valence-electron chi connectivity index (χ0n) is 15.7. The van der Waals surface area contributed by atoms with Gasteiger partial charge in [0.15, 0.2) is 11.2 Å². The van der Waals surface area contributed by atoms with E-state index >= 15 is 0 Å². The number of nitrogens with zero attached hydrogens (tertiary/aromatic N) is 1. The summed E-state index contributed by atoms with van der Waals surface area (Å²) in [5.41, 5.74) is -1.41. The molecule has 0 aliphatic heterocycles. The van der Waals surface area contributed by atoms with Crippen molar-refractivity contribution in [2.24, 2.45) is 11.3 Å². The number of hydrogen-bond acceptors (Lipinski definition) is 4. The van der Waals surface area contributed by atoms with Crippen molar-refractivity contribution in [1.29, 1.82) is 5.26 Å². The Kier molecular flexibility index (Phi) is 7.11. The Balaban J connectivity index is 3.19. The molecule has 0 saturated heterocycles. The second-order valence-electron chi connectivity index (χ2n) is 7.65. The van der Waals surface area contributed by atoms with Gasteiger partial charge in [0, 0.05) is 12.8 Å². The minimum atomic E-state index is -1.53. The Labute approximate surface area is 150 Å².